The third-order valence-electron chi connectivity index (χ3n) is 1.41. The van der Waals surface area contributed by atoms with E-state index in [9.17, 15) is 0 Å². The minimum Gasteiger partial charge on any atom is -0.0993 e. The van der Waals surface area contributed by atoms with Gasteiger partial charge < -0.3 is 0 Å². The minimum atomic E-state index is 0.581. The summed E-state index contributed by atoms with van der Waals surface area (Å²) in [5.41, 5.74) is 0. The zero-order chi connectivity index (χ0) is 7.82. The van der Waals surface area contributed by atoms with Gasteiger partial charge in [-0.15, -0.1) is 0 Å². The Hall–Kier alpha value is 0.0400. The molecule has 58 valence electrons. The number of hydrogen-bond acceptors (Lipinski definition) is 0. The summed E-state index contributed by atoms with van der Waals surface area (Å²) < 4.78 is 0. The van der Waals surface area contributed by atoms with Gasteiger partial charge in [-0.25, -0.2) is 0 Å². The second-order valence-electron chi connectivity index (χ2n) is 2.50. The molecule has 0 bridgehead atoms. The monoisotopic (exact) mass is 202 g/mol. The Kier molecular flexibility index (Phi) is 7.18. The number of alkyl halides is 1. The maximum absolute atomic E-state index is 3.27. The predicted molar refractivity (Wildman–Crippen MR) is 50.3 cm³/mol. The molecule has 0 aliphatic carbocycles. The first kappa shape index (κ1) is 10.0. The SMILES string of the molecule is CCCC[C@@H](C)C#CCBr. The molecule has 0 aliphatic rings. The van der Waals surface area contributed by atoms with Gasteiger partial charge in [0.25, 0.3) is 0 Å². The van der Waals surface area contributed by atoms with Gasteiger partial charge in [0.1, 0.15) is 0 Å². The highest BCUT2D eigenvalue weighted by Gasteiger charge is 1.93. The molecule has 0 amide bonds. The average molecular weight is 203 g/mol. The van der Waals surface area contributed by atoms with E-state index in [2.05, 4.69) is 41.6 Å². The van der Waals surface area contributed by atoms with Crippen molar-refractivity contribution in [1.82, 2.24) is 0 Å². The highest BCUT2D eigenvalue weighted by atomic mass is 79.9. The molecule has 0 rings (SSSR count). The minimum absolute atomic E-state index is 0.581. The maximum atomic E-state index is 3.27. The molecule has 1 heteroatoms. The van der Waals surface area contributed by atoms with Crippen molar-refractivity contribution in [2.75, 3.05) is 5.33 Å². The summed E-state index contributed by atoms with van der Waals surface area (Å²) in [7, 11) is 0. The lowest BCUT2D eigenvalue weighted by molar-refractivity contribution is 0.613. The van der Waals surface area contributed by atoms with E-state index in [4.69, 9.17) is 0 Å². The number of halogens is 1. The van der Waals surface area contributed by atoms with Crippen LogP contribution in [0.5, 0.6) is 0 Å². The van der Waals surface area contributed by atoms with E-state index in [1.54, 1.807) is 0 Å². The summed E-state index contributed by atoms with van der Waals surface area (Å²) >= 11 is 3.27. The second kappa shape index (κ2) is 7.15. The molecule has 0 aromatic rings. The molecular weight excluding hydrogens is 188 g/mol. The van der Waals surface area contributed by atoms with Gasteiger partial charge in [0.15, 0.2) is 0 Å². The lowest BCUT2D eigenvalue weighted by Crippen LogP contribution is -1.89. The number of rotatable bonds is 3. The van der Waals surface area contributed by atoms with Gasteiger partial charge in [0, 0.05) is 5.92 Å². The molecule has 0 aliphatic heterocycles. The first-order chi connectivity index (χ1) is 4.81. The highest BCUT2D eigenvalue weighted by molar-refractivity contribution is 9.09. The smallest absolute Gasteiger partial charge is 0.0645 e. The first-order valence-corrected chi connectivity index (χ1v) is 4.97. The molecule has 0 N–H and O–H groups in total. The molecule has 0 spiro atoms. The van der Waals surface area contributed by atoms with Gasteiger partial charge in [0.2, 0.25) is 0 Å². The maximum Gasteiger partial charge on any atom is 0.0645 e. The fourth-order valence-corrected chi connectivity index (χ4v) is 0.957. The van der Waals surface area contributed by atoms with Gasteiger partial charge in [-0.2, -0.15) is 0 Å². The summed E-state index contributed by atoms with van der Waals surface area (Å²) in [6, 6.07) is 0. The van der Waals surface area contributed by atoms with Gasteiger partial charge in [-0.05, 0) is 6.42 Å². The normalized spacial score (nSPS) is 11.9. The van der Waals surface area contributed by atoms with Crippen LogP contribution in [0.2, 0.25) is 0 Å². The van der Waals surface area contributed by atoms with Crippen molar-refractivity contribution >= 4 is 15.9 Å². The summed E-state index contributed by atoms with van der Waals surface area (Å²) in [6.45, 7) is 4.40. The van der Waals surface area contributed by atoms with Crippen LogP contribution in [-0.4, -0.2) is 5.33 Å². The van der Waals surface area contributed by atoms with Crippen LogP contribution in [-0.2, 0) is 0 Å². The average Bonchev–Trinajstić information content (AvgIpc) is 1.97. The van der Waals surface area contributed by atoms with Crippen LogP contribution < -0.4 is 0 Å². The van der Waals surface area contributed by atoms with E-state index in [1.807, 2.05) is 0 Å². The lowest BCUT2D eigenvalue weighted by Gasteiger charge is -1.99. The Morgan fingerprint density at radius 2 is 2.20 bits per heavy atom. The Morgan fingerprint density at radius 3 is 2.70 bits per heavy atom. The van der Waals surface area contributed by atoms with Crippen molar-refractivity contribution in [3.63, 3.8) is 0 Å². The Labute approximate surface area is 72.5 Å². The molecule has 10 heavy (non-hydrogen) atoms. The van der Waals surface area contributed by atoms with E-state index in [0.717, 1.165) is 5.33 Å². The zero-order valence-electron chi connectivity index (χ0n) is 6.78. The summed E-state index contributed by atoms with van der Waals surface area (Å²) in [6.07, 6.45) is 3.83. The number of hydrogen-bond donors (Lipinski definition) is 0. The molecule has 0 aromatic carbocycles. The molecule has 0 unspecified atom stereocenters. The predicted octanol–water partition coefficient (Wildman–Crippen LogP) is 3.21. The first-order valence-electron chi connectivity index (χ1n) is 3.85. The van der Waals surface area contributed by atoms with Crippen molar-refractivity contribution < 1.29 is 0 Å². The summed E-state index contributed by atoms with van der Waals surface area (Å²) in [5, 5.41) is 0.809. The van der Waals surface area contributed by atoms with Crippen LogP contribution in [0.25, 0.3) is 0 Å². The van der Waals surface area contributed by atoms with E-state index in [-0.39, 0.29) is 0 Å². The van der Waals surface area contributed by atoms with Crippen LogP contribution in [0.15, 0.2) is 0 Å². The van der Waals surface area contributed by atoms with Gasteiger partial charge in [-0.3, -0.25) is 0 Å². The van der Waals surface area contributed by atoms with Crippen LogP contribution >= 0.6 is 15.9 Å². The molecule has 0 heterocycles. The van der Waals surface area contributed by atoms with Gasteiger partial charge >= 0.3 is 0 Å². The molecule has 0 aromatic heterocycles. The summed E-state index contributed by atoms with van der Waals surface area (Å²) in [4.78, 5) is 0. The van der Waals surface area contributed by atoms with Crippen molar-refractivity contribution in [1.29, 1.82) is 0 Å². The second-order valence-corrected chi connectivity index (χ2v) is 3.06. The van der Waals surface area contributed by atoms with Crippen molar-refractivity contribution in [2.45, 2.75) is 33.1 Å². The molecule has 0 saturated heterocycles. The standard InChI is InChI=1S/C9H15Br/c1-3-4-6-9(2)7-5-8-10/h9H,3-4,6,8H2,1-2H3/t9-/m1/s1. The fourth-order valence-electron chi connectivity index (χ4n) is 0.795. The van der Waals surface area contributed by atoms with Gasteiger partial charge in [-0.1, -0.05) is 54.5 Å². The summed E-state index contributed by atoms with van der Waals surface area (Å²) in [5.74, 6) is 6.77. The van der Waals surface area contributed by atoms with Crippen LogP contribution in [0.3, 0.4) is 0 Å². The Morgan fingerprint density at radius 1 is 1.50 bits per heavy atom. The Bertz CT molecular complexity index is 118. The molecule has 0 radical (unpaired) electrons. The molecule has 0 nitrogen and oxygen atoms in total. The zero-order valence-corrected chi connectivity index (χ0v) is 8.37. The van der Waals surface area contributed by atoms with Gasteiger partial charge in [0.05, 0.1) is 5.33 Å². The Balaban J connectivity index is 3.33. The molecule has 1 atom stereocenters. The lowest BCUT2D eigenvalue weighted by atomic mass is 10.1. The van der Waals surface area contributed by atoms with E-state index >= 15 is 0 Å². The van der Waals surface area contributed by atoms with Crippen molar-refractivity contribution in [2.24, 2.45) is 5.92 Å². The third-order valence-corrected chi connectivity index (χ3v) is 1.69. The molecule has 0 fully saturated rings. The third kappa shape index (κ3) is 6.16. The molecule has 0 saturated carbocycles. The van der Waals surface area contributed by atoms with Crippen LogP contribution in [0.1, 0.15) is 33.1 Å². The van der Waals surface area contributed by atoms with E-state index in [0.29, 0.717) is 5.92 Å². The quantitative estimate of drug-likeness (QED) is 0.488. The van der Waals surface area contributed by atoms with Crippen molar-refractivity contribution in [3.05, 3.63) is 0 Å². The fraction of sp³-hybridized carbons (Fsp3) is 0.778. The highest BCUT2D eigenvalue weighted by Crippen LogP contribution is 2.05. The van der Waals surface area contributed by atoms with E-state index in [1.165, 1.54) is 19.3 Å². The molecular formula is C9H15Br. The van der Waals surface area contributed by atoms with Crippen molar-refractivity contribution in [3.8, 4) is 11.8 Å². The topological polar surface area (TPSA) is 0 Å². The largest absolute Gasteiger partial charge is 0.0993 e. The van der Waals surface area contributed by atoms with Crippen LogP contribution in [0, 0.1) is 17.8 Å². The number of unbranched alkanes of at least 4 members (excludes halogenated alkanes) is 1. The van der Waals surface area contributed by atoms with E-state index < -0.39 is 0 Å². The van der Waals surface area contributed by atoms with Crippen LogP contribution in [0.4, 0.5) is 0 Å².